The summed E-state index contributed by atoms with van der Waals surface area (Å²) in [4.78, 5) is 18.1. The van der Waals surface area contributed by atoms with E-state index in [9.17, 15) is 9.18 Å². The van der Waals surface area contributed by atoms with Crippen LogP contribution >= 0.6 is 0 Å². The first-order valence-corrected chi connectivity index (χ1v) is 7.58. The van der Waals surface area contributed by atoms with E-state index in [0.717, 1.165) is 19.0 Å². The number of benzene rings is 1. The lowest BCUT2D eigenvalue weighted by Gasteiger charge is -2.29. The van der Waals surface area contributed by atoms with Crippen LogP contribution in [0.5, 0.6) is 0 Å². The zero-order chi connectivity index (χ0) is 16.2. The van der Waals surface area contributed by atoms with Crippen LogP contribution in [0.4, 0.5) is 4.39 Å². The first-order valence-electron chi connectivity index (χ1n) is 7.58. The van der Waals surface area contributed by atoms with Crippen molar-refractivity contribution in [2.45, 2.75) is 12.8 Å². The van der Waals surface area contributed by atoms with Crippen molar-refractivity contribution >= 4 is 5.91 Å². The molecule has 1 aliphatic heterocycles. The molecule has 3 rings (SSSR count). The molecule has 0 N–H and O–H groups in total. The van der Waals surface area contributed by atoms with Crippen molar-refractivity contribution in [2.24, 2.45) is 5.92 Å². The smallest absolute Gasteiger partial charge is 0.253 e. The van der Waals surface area contributed by atoms with E-state index in [1.807, 2.05) is 0 Å². The van der Waals surface area contributed by atoms with Crippen LogP contribution in [0.25, 0.3) is 11.1 Å². The maximum atomic E-state index is 13.9. The van der Waals surface area contributed by atoms with Crippen LogP contribution in [0.1, 0.15) is 23.2 Å². The molecular weight excluding hydrogens is 293 g/mol. The molecule has 0 bridgehead atoms. The molecule has 5 heteroatoms. The predicted octanol–water partition coefficient (Wildman–Crippen LogP) is 3.26. The quantitative estimate of drug-likeness (QED) is 0.855. The summed E-state index contributed by atoms with van der Waals surface area (Å²) >= 11 is 0. The number of rotatable bonds is 2. The van der Waals surface area contributed by atoms with Crippen molar-refractivity contribution in [1.82, 2.24) is 9.88 Å². The summed E-state index contributed by atoms with van der Waals surface area (Å²) in [6.45, 7) is 1.12. The van der Waals surface area contributed by atoms with Gasteiger partial charge in [-0.15, -0.1) is 0 Å². The third-order valence-corrected chi connectivity index (χ3v) is 4.08. The van der Waals surface area contributed by atoms with Gasteiger partial charge in [-0.2, -0.15) is 5.26 Å². The molecule has 0 aliphatic carbocycles. The van der Waals surface area contributed by atoms with Crippen LogP contribution in [0.3, 0.4) is 0 Å². The Balaban J connectivity index is 1.87. The molecule has 0 unspecified atom stereocenters. The normalized spacial score (nSPS) is 17.6. The average Bonchev–Trinajstić information content (AvgIpc) is 2.61. The highest BCUT2D eigenvalue weighted by molar-refractivity contribution is 5.95. The fourth-order valence-corrected chi connectivity index (χ4v) is 2.88. The van der Waals surface area contributed by atoms with Crippen molar-refractivity contribution < 1.29 is 9.18 Å². The molecule has 2 heterocycles. The summed E-state index contributed by atoms with van der Waals surface area (Å²) in [6, 6.07) is 10.7. The number of nitriles is 1. The lowest BCUT2D eigenvalue weighted by atomic mass is 9.98. The summed E-state index contributed by atoms with van der Waals surface area (Å²) in [5, 5.41) is 9.05. The second-order valence-corrected chi connectivity index (χ2v) is 5.66. The van der Waals surface area contributed by atoms with Crippen LogP contribution < -0.4 is 0 Å². The molecule has 1 aliphatic rings. The lowest BCUT2D eigenvalue weighted by Crippen LogP contribution is -2.39. The minimum atomic E-state index is -0.417. The van der Waals surface area contributed by atoms with Gasteiger partial charge in [0.25, 0.3) is 5.91 Å². The Morgan fingerprint density at radius 2 is 2.26 bits per heavy atom. The number of nitrogens with zero attached hydrogens (tertiary/aromatic N) is 3. The van der Waals surface area contributed by atoms with Gasteiger partial charge < -0.3 is 4.90 Å². The molecule has 0 saturated carbocycles. The maximum Gasteiger partial charge on any atom is 0.253 e. The second kappa shape index (κ2) is 6.57. The van der Waals surface area contributed by atoms with Gasteiger partial charge in [0.15, 0.2) is 0 Å². The summed E-state index contributed by atoms with van der Waals surface area (Å²) in [5.74, 6) is -0.630. The Morgan fingerprint density at radius 3 is 3.04 bits per heavy atom. The Labute approximate surface area is 134 Å². The Morgan fingerprint density at radius 1 is 1.39 bits per heavy atom. The van der Waals surface area contributed by atoms with Gasteiger partial charge in [0.05, 0.1) is 18.2 Å². The fraction of sp³-hybridized carbons (Fsp3) is 0.278. The molecule has 1 aromatic carbocycles. The number of amides is 1. The number of halogens is 1. The second-order valence-electron chi connectivity index (χ2n) is 5.66. The van der Waals surface area contributed by atoms with Crippen LogP contribution in [0.2, 0.25) is 0 Å². The molecule has 0 radical (unpaired) electrons. The molecule has 116 valence electrons. The lowest BCUT2D eigenvalue weighted by molar-refractivity contribution is 0.0699. The summed E-state index contributed by atoms with van der Waals surface area (Å²) in [6.07, 6.45) is 4.35. The minimum absolute atomic E-state index is 0.103. The summed E-state index contributed by atoms with van der Waals surface area (Å²) in [5.41, 5.74) is 1.57. The zero-order valence-corrected chi connectivity index (χ0v) is 12.6. The van der Waals surface area contributed by atoms with Crippen molar-refractivity contribution in [2.75, 3.05) is 13.1 Å². The van der Waals surface area contributed by atoms with Crippen molar-refractivity contribution in [3.05, 3.63) is 54.1 Å². The van der Waals surface area contributed by atoms with Crippen molar-refractivity contribution in [3.63, 3.8) is 0 Å². The van der Waals surface area contributed by atoms with Gasteiger partial charge in [0.2, 0.25) is 0 Å². The molecule has 1 amide bonds. The highest BCUT2D eigenvalue weighted by Crippen LogP contribution is 2.24. The largest absolute Gasteiger partial charge is 0.337 e. The minimum Gasteiger partial charge on any atom is -0.337 e. The molecule has 1 aromatic heterocycles. The van der Waals surface area contributed by atoms with E-state index in [4.69, 9.17) is 5.26 Å². The van der Waals surface area contributed by atoms with Crippen LogP contribution in [0.15, 0.2) is 42.7 Å². The number of carbonyl (C=O) groups is 1. The van der Waals surface area contributed by atoms with E-state index < -0.39 is 5.82 Å². The number of pyridine rings is 1. The number of hydrogen-bond donors (Lipinski definition) is 0. The molecule has 4 nitrogen and oxygen atoms in total. The first-order chi connectivity index (χ1) is 11.2. The third kappa shape index (κ3) is 3.21. The number of aromatic nitrogens is 1. The van der Waals surface area contributed by atoms with Gasteiger partial charge in [-0.05, 0) is 36.6 Å². The van der Waals surface area contributed by atoms with E-state index >= 15 is 0 Å². The zero-order valence-electron chi connectivity index (χ0n) is 12.6. The molecular formula is C18H16FN3O. The van der Waals surface area contributed by atoms with Crippen molar-refractivity contribution in [3.8, 4) is 17.2 Å². The van der Waals surface area contributed by atoms with E-state index in [2.05, 4.69) is 11.1 Å². The molecule has 1 saturated heterocycles. The maximum absolute atomic E-state index is 13.9. The molecule has 23 heavy (non-hydrogen) atoms. The summed E-state index contributed by atoms with van der Waals surface area (Å²) < 4.78 is 13.9. The topological polar surface area (TPSA) is 57.0 Å². The van der Waals surface area contributed by atoms with Gasteiger partial charge in [-0.25, -0.2) is 4.39 Å². The summed E-state index contributed by atoms with van der Waals surface area (Å²) in [7, 11) is 0. The Bertz CT molecular complexity index is 769. The van der Waals surface area contributed by atoms with Gasteiger partial charge in [0, 0.05) is 30.4 Å². The molecule has 1 fully saturated rings. The third-order valence-electron chi connectivity index (χ3n) is 4.08. The molecule has 0 spiro atoms. The van der Waals surface area contributed by atoms with Crippen LogP contribution in [-0.4, -0.2) is 28.9 Å². The Hall–Kier alpha value is -2.74. The SMILES string of the molecule is N#C[C@@H]1CCCN(C(=O)c2cccc(-c3ccncc3F)c2)C1. The van der Waals surface area contributed by atoms with E-state index in [1.165, 1.54) is 6.20 Å². The first kappa shape index (κ1) is 15.2. The van der Waals surface area contributed by atoms with E-state index in [-0.39, 0.29) is 11.8 Å². The van der Waals surface area contributed by atoms with E-state index in [0.29, 0.717) is 29.8 Å². The number of piperidine rings is 1. The average molecular weight is 309 g/mol. The Kier molecular flexibility index (Phi) is 4.33. The predicted molar refractivity (Wildman–Crippen MR) is 83.9 cm³/mol. The van der Waals surface area contributed by atoms with Gasteiger partial charge in [-0.3, -0.25) is 9.78 Å². The molecule has 2 aromatic rings. The van der Waals surface area contributed by atoms with E-state index in [1.54, 1.807) is 35.2 Å². The standard InChI is InChI=1S/C18H16FN3O/c19-17-11-21-7-6-16(17)14-4-1-5-15(9-14)18(23)22-8-2-3-13(10-20)12-22/h1,4-7,9,11,13H,2-3,8,12H2/t13-/m0/s1. The number of carbonyl (C=O) groups excluding carboxylic acids is 1. The monoisotopic (exact) mass is 309 g/mol. The highest BCUT2D eigenvalue weighted by Gasteiger charge is 2.24. The fourth-order valence-electron chi connectivity index (χ4n) is 2.88. The molecule has 1 atom stereocenters. The van der Waals surface area contributed by atoms with Gasteiger partial charge in [-0.1, -0.05) is 12.1 Å². The highest BCUT2D eigenvalue weighted by atomic mass is 19.1. The number of likely N-dealkylation sites (tertiary alicyclic amines) is 1. The number of hydrogen-bond acceptors (Lipinski definition) is 3. The van der Waals surface area contributed by atoms with Crippen LogP contribution in [0, 0.1) is 23.1 Å². The van der Waals surface area contributed by atoms with Crippen LogP contribution in [-0.2, 0) is 0 Å². The van der Waals surface area contributed by atoms with Crippen molar-refractivity contribution in [1.29, 1.82) is 5.26 Å². The van der Waals surface area contributed by atoms with Gasteiger partial charge >= 0.3 is 0 Å². The van der Waals surface area contributed by atoms with Gasteiger partial charge in [0.1, 0.15) is 5.82 Å².